The van der Waals surface area contributed by atoms with Gasteiger partial charge in [0.15, 0.2) is 0 Å². The summed E-state index contributed by atoms with van der Waals surface area (Å²) in [5.74, 6) is 0. The molecule has 0 radical (unpaired) electrons. The molecule has 0 amide bonds. The Labute approximate surface area is 368 Å². The van der Waals surface area contributed by atoms with Crippen LogP contribution in [0.2, 0.25) is 0 Å². The molecule has 0 spiro atoms. The fraction of sp³-hybridized carbons (Fsp3) is 0.153. The van der Waals surface area contributed by atoms with Crippen molar-refractivity contribution in [2.45, 2.75) is 62.3 Å². The minimum Gasteiger partial charge on any atom is -0.456 e. The average molecular weight is 819 g/mol. The molecule has 0 atom stereocenters. The van der Waals surface area contributed by atoms with E-state index in [1.54, 1.807) is 0 Å². The zero-order valence-electron chi connectivity index (χ0n) is 37.5. The lowest BCUT2D eigenvalue weighted by atomic mass is 9.98. The fourth-order valence-corrected chi connectivity index (χ4v) is 9.85. The number of furan rings is 2. The normalized spacial score (nSPS) is 11.9. The second-order valence-corrected chi connectivity index (χ2v) is 18.0. The van der Waals surface area contributed by atoms with Crippen molar-refractivity contribution in [3.05, 3.63) is 190 Å². The topological polar surface area (TPSA) is 32.8 Å². The van der Waals surface area contributed by atoms with Gasteiger partial charge in [0, 0.05) is 61.7 Å². The second-order valence-electron chi connectivity index (χ2n) is 18.0. The van der Waals surface area contributed by atoms with Crippen LogP contribution in [0.5, 0.6) is 0 Å². The molecule has 0 fully saturated rings. The summed E-state index contributed by atoms with van der Waals surface area (Å²) in [6, 6.07) is 51.6. The molecule has 4 heteroatoms. The van der Waals surface area contributed by atoms with E-state index in [9.17, 15) is 0 Å². The van der Waals surface area contributed by atoms with Gasteiger partial charge in [-0.3, -0.25) is 0 Å². The van der Waals surface area contributed by atoms with Crippen molar-refractivity contribution in [3.8, 4) is 0 Å². The van der Waals surface area contributed by atoms with Crippen LogP contribution in [0.3, 0.4) is 0 Å². The number of benzene rings is 9. The molecular weight excluding hydrogens is 769 g/mol. The van der Waals surface area contributed by atoms with E-state index in [-0.39, 0.29) is 0 Å². The largest absolute Gasteiger partial charge is 0.456 e. The molecule has 0 saturated carbocycles. The van der Waals surface area contributed by atoms with Crippen molar-refractivity contribution in [2.24, 2.45) is 0 Å². The maximum Gasteiger partial charge on any atom is 0.139 e. The first-order valence-electron chi connectivity index (χ1n) is 22.0. The highest BCUT2D eigenvalue weighted by Gasteiger charge is 2.22. The first-order valence-corrected chi connectivity index (χ1v) is 22.0. The van der Waals surface area contributed by atoms with Gasteiger partial charge in [0.1, 0.15) is 22.3 Å². The lowest BCUT2D eigenvalue weighted by Gasteiger charge is -2.29. The van der Waals surface area contributed by atoms with E-state index >= 15 is 0 Å². The summed E-state index contributed by atoms with van der Waals surface area (Å²) in [7, 11) is 0. The van der Waals surface area contributed by atoms with E-state index in [1.165, 1.54) is 83.6 Å². The van der Waals surface area contributed by atoms with Crippen LogP contribution in [0.25, 0.3) is 65.4 Å². The van der Waals surface area contributed by atoms with Crippen LogP contribution >= 0.6 is 0 Å². The van der Waals surface area contributed by atoms with Gasteiger partial charge in [-0.1, -0.05) is 60.7 Å². The van der Waals surface area contributed by atoms with Gasteiger partial charge in [-0.05, 0) is 207 Å². The zero-order chi connectivity index (χ0) is 43.4. The average Bonchev–Trinajstić information content (AvgIpc) is 3.81. The SMILES string of the molecule is Cc1ccc(C)c(N(c2ccc3cc4c(cc3c2)oc2cc3oc5cc6cc(N(c7cc(C)ccc7C)c7cc(C)ccc7C)ccc6cc5c3c(C)c24)c2cc(C)ccc2C)c1. The van der Waals surface area contributed by atoms with E-state index in [0.29, 0.717) is 0 Å². The van der Waals surface area contributed by atoms with Gasteiger partial charge < -0.3 is 18.6 Å². The number of hydrogen-bond acceptors (Lipinski definition) is 4. The predicted molar refractivity (Wildman–Crippen MR) is 268 cm³/mol. The number of hydrogen-bond donors (Lipinski definition) is 0. The Balaban J connectivity index is 1.04. The number of fused-ring (bicyclic) bond motifs is 8. The Morgan fingerprint density at radius 3 is 1.00 bits per heavy atom. The molecule has 11 rings (SSSR count). The quantitative estimate of drug-likeness (QED) is 0.167. The monoisotopic (exact) mass is 818 g/mol. The Morgan fingerprint density at radius 2 is 0.651 bits per heavy atom. The van der Waals surface area contributed by atoms with Crippen molar-refractivity contribution >= 4 is 99.5 Å². The molecule has 0 unspecified atom stereocenters. The Hall–Kier alpha value is -7.30. The third-order valence-electron chi connectivity index (χ3n) is 13.3. The third-order valence-corrected chi connectivity index (χ3v) is 13.3. The van der Waals surface area contributed by atoms with Crippen molar-refractivity contribution in [1.29, 1.82) is 0 Å². The van der Waals surface area contributed by atoms with Crippen LogP contribution in [0.1, 0.15) is 50.1 Å². The molecule has 2 aromatic heterocycles. The highest BCUT2D eigenvalue weighted by Crippen LogP contribution is 2.46. The van der Waals surface area contributed by atoms with Gasteiger partial charge in [-0.25, -0.2) is 0 Å². The van der Waals surface area contributed by atoms with Crippen LogP contribution in [0.15, 0.2) is 148 Å². The van der Waals surface area contributed by atoms with Gasteiger partial charge in [-0.2, -0.15) is 0 Å². The lowest BCUT2D eigenvalue weighted by molar-refractivity contribution is 0.656. The van der Waals surface area contributed by atoms with Gasteiger partial charge in [-0.15, -0.1) is 0 Å². The van der Waals surface area contributed by atoms with Crippen molar-refractivity contribution in [1.82, 2.24) is 0 Å². The van der Waals surface area contributed by atoms with Crippen LogP contribution < -0.4 is 9.80 Å². The molecular formula is C59H50N2O2. The molecule has 63 heavy (non-hydrogen) atoms. The second kappa shape index (κ2) is 14.4. The summed E-state index contributed by atoms with van der Waals surface area (Å²) in [5.41, 5.74) is 21.4. The highest BCUT2D eigenvalue weighted by molar-refractivity contribution is 6.21. The fourth-order valence-electron chi connectivity index (χ4n) is 9.85. The molecule has 11 aromatic rings. The number of rotatable bonds is 6. The summed E-state index contributed by atoms with van der Waals surface area (Å²) in [6.07, 6.45) is 0. The van der Waals surface area contributed by atoms with Gasteiger partial charge in [0.2, 0.25) is 0 Å². The highest BCUT2D eigenvalue weighted by atomic mass is 16.3. The zero-order valence-corrected chi connectivity index (χ0v) is 37.5. The van der Waals surface area contributed by atoms with Crippen LogP contribution in [-0.2, 0) is 0 Å². The number of anilines is 6. The summed E-state index contributed by atoms with van der Waals surface area (Å²) in [4.78, 5) is 4.82. The molecule has 308 valence electrons. The minimum absolute atomic E-state index is 0.835. The molecule has 0 aliphatic carbocycles. The summed E-state index contributed by atoms with van der Waals surface area (Å²) in [6.45, 7) is 19.7. The van der Waals surface area contributed by atoms with Crippen LogP contribution in [-0.4, -0.2) is 0 Å². The Kier molecular flexibility index (Phi) is 8.82. The van der Waals surface area contributed by atoms with E-state index in [1.807, 2.05) is 0 Å². The van der Waals surface area contributed by atoms with Gasteiger partial charge in [0.25, 0.3) is 0 Å². The first kappa shape index (κ1) is 38.6. The van der Waals surface area contributed by atoms with Crippen molar-refractivity contribution in [2.75, 3.05) is 9.80 Å². The standard InChI is InChI=1S/C59H50N2O2/c1-33-10-14-37(5)50(22-33)60(51-23-34(2)11-15-38(51)6)46-20-18-42-28-48-54(30-44(42)26-46)62-56-32-57-59(41(9)58(48)56)49-29-43-19-21-47(27-45(43)31-55(49)63-57)61(52-24-35(3)12-16-39(52)7)53-25-36(4)13-17-40(53)8/h10-32H,1-9H3. The maximum absolute atomic E-state index is 6.75. The Morgan fingerprint density at radius 1 is 0.302 bits per heavy atom. The number of aryl methyl sites for hydroxylation is 9. The third kappa shape index (κ3) is 6.35. The molecule has 2 heterocycles. The summed E-state index contributed by atoms with van der Waals surface area (Å²) < 4.78 is 13.5. The maximum atomic E-state index is 6.75. The molecule has 0 aliphatic rings. The first-order chi connectivity index (χ1) is 30.4. The minimum atomic E-state index is 0.835. The molecule has 0 saturated heterocycles. The molecule has 9 aromatic carbocycles. The van der Waals surface area contributed by atoms with E-state index in [4.69, 9.17) is 8.83 Å². The predicted octanol–water partition coefficient (Wildman–Crippen LogP) is 17.5. The summed E-state index contributed by atoms with van der Waals surface area (Å²) in [5, 5.41) is 9.09. The van der Waals surface area contributed by atoms with Crippen LogP contribution in [0, 0.1) is 62.3 Å². The van der Waals surface area contributed by atoms with E-state index in [0.717, 1.165) is 66.0 Å². The van der Waals surface area contributed by atoms with Crippen molar-refractivity contribution < 1.29 is 8.83 Å². The number of nitrogens with zero attached hydrogens (tertiary/aromatic N) is 2. The van der Waals surface area contributed by atoms with Gasteiger partial charge in [0.05, 0.1) is 0 Å². The lowest BCUT2D eigenvalue weighted by Crippen LogP contribution is -2.13. The smallest absolute Gasteiger partial charge is 0.139 e. The summed E-state index contributed by atoms with van der Waals surface area (Å²) >= 11 is 0. The van der Waals surface area contributed by atoms with E-state index < -0.39 is 0 Å². The van der Waals surface area contributed by atoms with Gasteiger partial charge >= 0.3 is 0 Å². The molecule has 0 bridgehead atoms. The Bertz CT molecular complexity index is 3350. The van der Waals surface area contributed by atoms with E-state index in [2.05, 4.69) is 212 Å². The van der Waals surface area contributed by atoms with Crippen LogP contribution in [0.4, 0.5) is 34.1 Å². The molecule has 0 aliphatic heterocycles. The van der Waals surface area contributed by atoms with Crippen molar-refractivity contribution in [3.63, 3.8) is 0 Å². The molecule has 0 N–H and O–H groups in total. The molecule has 4 nitrogen and oxygen atoms in total.